The number of ether oxygens (including phenoxy) is 2. The lowest BCUT2D eigenvalue weighted by molar-refractivity contribution is -0.117. The van der Waals surface area contributed by atoms with Crippen molar-refractivity contribution < 1.29 is 28.6 Å². The summed E-state index contributed by atoms with van der Waals surface area (Å²) in [4.78, 5) is 30.1. The summed E-state index contributed by atoms with van der Waals surface area (Å²) in [5, 5.41) is 16.7. The summed E-state index contributed by atoms with van der Waals surface area (Å²) in [5.41, 5.74) is 6.04. The molecule has 41 heavy (non-hydrogen) atoms. The number of aliphatic hydroxyl groups is 1. The monoisotopic (exact) mass is 557 g/mol. The Hall–Kier alpha value is -4.50. The van der Waals surface area contributed by atoms with Gasteiger partial charge in [0.05, 0.1) is 32.4 Å². The molecule has 0 aliphatic heterocycles. The fourth-order valence-electron chi connectivity index (χ4n) is 5.13. The number of fused-ring (bicyclic) bond motifs is 1. The van der Waals surface area contributed by atoms with Crippen LogP contribution in [0.1, 0.15) is 41.4 Å². The molecule has 1 aliphatic rings. The van der Waals surface area contributed by atoms with Crippen LogP contribution >= 0.6 is 0 Å². The number of rotatable bonds is 11. The van der Waals surface area contributed by atoms with Crippen LogP contribution in [0.4, 0.5) is 4.39 Å². The number of benzene rings is 3. The molecule has 1 fully saturated rings. The number of aromatic nitrogens is 1. The molecule has 0 saturated heterocycles. The van der Waals surface area contributed by atoms with E-state index in [4.69, 9.17) is 20.2 Å². The van der Waals surface area contributed by atoms with Gasteiger partial charge in [0.15, 0.2) is 0 Å². The van der Waals surface area contributed by atoms with Crippen molar-refractivity contribution in [1.29, 1.82) is 0 Å². The SMILES string of the molecule is CCOc1c(CC(N)=O)cc([C@@](O)(CNC(=O)c2cc(OC)c3ccccc3c2)C2CC2)nc1-c1ccc(F)cc1. The van der Waals surface area contributed by atoms with E-state index in [1.807, 2.05) is 24.3 Å². The highest BCUT2D eigenvalue weighted by Gasteiger charge is 2.47. The van der Waals surface area contributed by atoms with Crippen LogP contribution in [0.25, 0.3) is 22.0 Å². The predicted octanol–water partition coefficient (Wildman–Crippen LogP) is 4.50. The van der Waals surface area contributed by atoms with Crippen molar-refractivity contribution in [3.63, 3.8) is 0 Å². The molecule has 8 nitrogen and oxygen atoms in total. The largest absolute Gasteiger partial charge is 0.496 e. The molecule has 212 valence electrons. The molecule has 5 rings (SSSR count). The highest BCUT2D eigenvalue weighted by atomic mass is 19.1. The number of carbonyl (C=O) groups excluding carboxylic acids is 2. The third-order valence-electron chi connectivity index (χ3n) is 7.34. The van der Waals surface area contributed by atoms with Crippen molar-refractivity contribution in [2.24, 2.45) is 11.7 Å². The summed E-state index contributed by atoms with van der Waals surface area (Å²) in [5.74, 6) is -0.632. The highest BCUT2D eigenvalue weighted by molar-refractivity contribution is 6.01. The minimum atomic E-state index is -1.54. The van der Waals surface area contributed by atoms with Crippen molar-refractivity contribution in [3.05, 3.63) is 89.4 Å². The second kappa shape index (κ2) is 11.5. The molecule has 1 aromatic heterocycles. The Bertz CT molecular complexity index is 1600. The van der Waals surface area contributed by atoms with Gasteiger partial charge in [-0.3, -0.25) is 9.59 Å². The van der Waals surface area contributed by atoms with E-state index in [0.29, 0.717) is 40.5 Å². The number of hydrogen-bond donors (Lipinski definition) is 3. The number of carbonyl (C=O) groups is 2. The van der Waals surface area contributed by atoms with Gasteiger partial charge in [-0.05, 0) is 73.5 Å². The topological polar surface area (TPSA) is 124 Å². The Morgan fingerprint density at radius 1 is 1.12 bits per heavy atom. The van der Waals surface area contributed by atoms with Gasteiger partial charge in [0.1, 0.15) is 28.6 Å². The summed E-state index contributed by atoms with van der Waals surface area (Å²) in [6, 6.07) is 18.4. The van der Waals surface area contributed by atoms with Crippen LogP contribution in [0.5, 0.6) is 11.5 Å². The van der Waals surface area contributed by atoms with Gasteiger partial charge in [-0.2, -0.15) is 0 Å². The van der Waals surface area contributed by atoms with E-state index in [9.17, 15) is 19.1 Å². The van der Waals surface area contributed by atoms with Gasteiger partial charge in [-0.15, -0.1) is 0 Å². The quantitative estimate of drug-likeness (QED) is 0.249. The van der Waals surface area contributed by atoms with E-state index in [2.05, 4.69) is 5.32 Å². The molecule has 4 N–H and O–H groups in total. The fourth-order valence-corrected chi connectivity index (χ4v) is 5.13. The zero-order chi connectivity index (χ0) is 29.1. The van der Waals surface area contributed by atoms with E-state index in [-0.39, 0.29) is 30.5 Å². The molecule has 0 spiro atoms. The average molecular weight is 558 g/mol. The van der Waals surface area contributed by atoms with Gasteiger partial charge in [0, 0.05) is 22.1 Å². The maximum atomic E-state index is 13.7. The molecule has 4 aromatic rings. The van der Waals surface area contributed by atoms with Crippen molar-refractivity contribution in [2.75, 3.05) is 20.3 Å². The van der Waals surface area contributed by atoms with Crippen molar-refractivity contribution in [1.82, 2.24) is 10.3 Å². The Labute approximate surface area is 237 Å². The summed E-state index contributed by atoms with van der Waals surface area (Å²) < 4.78 is 25.1. The lowest BCUT2D eigenvalue weighted by Gasteiger charge is -2.30. The maximum absolute atomic E-state index is 13.7. The van der Waals surface area contributed by atoms with Crippen LogP contribution in [-0.4, -0.2) is 42.2 Å². The molecule has 3 aromatic carbocycles. The summed E-state index contributed by atoms with van der Waals surface area (Å²) in [7, 11) is 1.55. The van der Waals surface area contributed by atoms with Gasteiger partial charge in [0.2, 0.25) is 5.91 Å². The van der Waals surface area contributed by atoms with Crippen LogP contribution in [0, 0.1) is 11.7 Å². The fraction of sp³-hybridized carbons (Fsp3) is 0.281. The molecule has 2 amide bonds. The second-order valence-corrected chi connectivity index (χ2v) is 10.2. The number of nitrogens with one attached hydrogen (secondary N) is 1. The third-order valence-corrected chi connectivity index (χ3v) is 7.34. The first-order chi connectivity index (χ1) is 19.7. The van der Waals surface area contributed by atoms with Crippen LogP contribution in [0.2, 0.25) is 0 Å². The number of pyridine rings is 1. The lowest BCUT2D eigenvalue weighted by Crippen LogP contribution is -2.43. The minimum Gasteiger partial charge on any atom is -0.496 e. The van der Waals surface area contributed by atoms with Crippen molar-refractivity contribution in [2.45, 2.75) is 31.8 Å². The number of halogens is 1. The molecule has 1 heterocycles. The van der Waals surface area contributed by atoms with E-state index < -0.39 is 17.3 Å². The first kappa shape index (κ1) is 28.0. The Balaban J connectivity index is 1.53. The molecule has 1 atom stereocenters. The van der Waals surface area contributed by atoms with Gasteiger partial charge < -0.3 is 25.6 Å². The normalized spacial score (nSPS) is 14.3. The Kier molecular flexibility index (Phi) is 7.90. The molecule has 0 unspecified atom stereocenters. The first-order valence-corrected chi connectivity index (χ1v) is 13.5. The van der Waals surface area contributed by atoms with Crippen molar-refractivity contribution >= 4 is 22.6 Å². The lowest BCUT2D eigenvalue weighted by atomic mass is 9.90. The van der Waals surface area contributed by atoms with Gasteiger partial charge in [-0.25, -0.2) is 9.37 Å². The van der Waals surface area contributed by atoms with Gasteiger partial charge >= 0.3 is 0 Å². The minimum absolute atomic E-state index is 0.120. The smallest absolute Gasteiger partial charge is 0.251 e. The number of hydrogen-bond acceptors (Lipinski definition) is 6. The van der Waals surface area contributed by atoms with Crippen LogP contribution in [0.15, 0.2) is 66.7 Å². The Morgan fingerprint density at radius 2 is 1.85 bits per heavy atom. The van der Waals surface area contributed by atoms with Gasteiger partial charge in [0.25, 0.3) is 5.91 Å². The van der Waals surface area contributed by atoms with Crippen LogP contribution in [0.3, 0.4) is 0 Å². The average Bonchev–Trinajstić information content (AvgIpc) is 3.82. The molecule has 1 aliphatic carbocycles. The first-order valence-electron chi connectivity index (χ1n) is 13.5. The molecule has 0 radical (unpaired) electrons. The van der Waals surface area contributed by atoms with E-state index >= 15 is 0 Å². The number of primary amides is 1. The van der Waals surface area contributed by atoms with Crippen molar-refractivity contribution in [3.8, 4) is 22.8 Å². The zero-order valence-corrected chi connectivity index (χ0v) is 22.9. The Morgan fingerprint density at radius 3 is 2.51 bits per heavy atom. The molecule has 1 saturated carbocycles. The highest BCUT2D eigenvalue weighted by Crippen LogP contribution is 2.47. The van der Waals surface area contributed by atoms with Gasteiger partial charge in [-0.1, -0.05) is 24.3 Å². The summed E-state index contributed by atoms with van der Waals surface area (Å²) in [6.45, 7) is 1.97. The second-order valence-electron chi connectivity index (χ2n) is 10.2. The van der Waals surface area contributed by atoms with E-state index in [1.54, 1.807) is 44.4 Å². The molecular weight excluding hydrogens is 525 g/mol. The predicted molar refractivity (Wildman–Crippen MR) is 153 cm³/mol. The maximum Gasteiger partial charge on any atom is 0.251 e. The number of methoxy groups -OCH3 is 1. The third kappa shape index (κ3) is 5.85. The zero-order valence-electron chi connectivity index (χ0n) is 22.9. The molecule has 0 bridgehead atoms. The standard InChI is InChI=1S/C32H32FN3O5/c1-3-41-30-21(17-28(34)37)16-27(36-29(30)19-8-12-24(33)13-9-19)32(39,23-10-11-23)18-35-31(38)22-14-20-6-4-5-7-25(20)26(15-22)40-2/h4-9,12-16,23,39H,3,10-11,17-18H2,1-2H3,(H2,34,37)(H,35,38)/t32-/m1/s1. The molecule has 9 heteroatoms. The molecular formula is C32H32FN3O5. The van der Waals surface area contributed by atoms with Crippen LogP contribution in [-0.2, 0) is 16.8 Å². The number of nitrogens with two attached hydrogens (primary N) is 1. The number of nitrogens with zero attached hydrogens (tertiary/aromatic N) is 1. The van der Waals surface area contributed by atoms with E-state index in [0.717, 1.165) is 23.6 Å². The number of amides is 2. The van der Waals surface area contributed by atoms with E-state index in [1.165, 1.54) is 12.1 Å². The summed E-state index contributed by atoms with van der Waals surface area (Å²) >= 11 is 0. The van der Waals surface area contributed by atoms with Crippen LogP contribution < -0.4 is 20.5 Å². The summed E-state index contributed by atoms with van der Waals surface area (Å²) in [6.07, 6.45) is 1.33.